The molecule has 1 fully saturated rings. The molecular formula is C8H10Cl2O2. The van der Waals surface area contributed by atoms with E-state index in [-0.39, 0.29) is 4.49 Å². The number of hydrogen-bond donors (Lipinski definition) is 1. The zero-order valence-electron chi connectivity index (χ0n) is 7.77. The Morgan fingerprint density at radius 2 is 2.17 bits per heavy atom. The molecule has 2 nitrogen and oxygen atoms in total. The molecule has 0 saturated heterocycles. The topological polar surface area (TPSA) is 37.3 Å². The standard InChI is InChI=1S/C8H10Cl2O2/c1-8(2)4(3-5(9)10)6(8)7(11)12/h3-4,6H,1-2H3,(H,11,12)/t4-,6+/m0/s1/i6+1D,7+1. The van der Waals surface area contributed by atoms with Crippen LogP contribution in [-0.4, -0.2) is 11.1 Å². The zero-order valence-corrected chi connectivity index (χ0v) is 8.28. The van der Waals surface area contributed by atoms with Gasteiger partial charge in [-0.1, -0.05) is 37.0 Å². The van der Waals surface area contributed by atoms with Gasteiger partial charge in [-0.15, -0.1) is 0 Å². The molecule has 1 N–H and O–H groups in total. The van der Waals surface area contributed by atoms with Crippen LogP contribution >= 0.6 is 23.2 Å². The minimum absolute atomic E-state index is 0.0217. The number of carbonyl (C=O) groups is 1. The number of allylic oxidation sites excluding steroid dienone is 1. The molecule has 0 bridgehead atoms. The molecule has 1 aliphatic rings. The van der Waals surface area contributed by atoms with Crippen molar-refractivity contribution >= 4 is 29.2 Å². The lowest BCUT2D eigenvalue weighted by molar-refractivity contribution is -0.139. The second-order valence-corrected chi connectivity index (χ2v) is 4.38. The third kappa shape index (κ3) is 1.59. The van der Waals surface area contributed by atoms with Gasteiger partial charge in [-0.05, 0) is 17.4 Å². The molecule has 2 atom stereocenters. The average molecular weight is 212 g/mol. The van der Waals surface area contributed by atoms with E-state index in [1.807, 2.05) is 0 Å². The lowest BCUT2D eigenvalue weighted by Crippen LogP contribution is -2.02. The minimum Gasteiger partial charge on any atom is -0.481 e. The molecule has 0 aromatic rings. The van der Waals surface area contributed by atoms with Crippen LogP contribution in [0.2, 0.25) is 0 Å². The fourth-order valence-corrected chi connectivity index (χ4v) is 1.66. The quantitative estimate of drug-likeness (QED) is 0.714. The first-order valence-corrected chi connectivity index (χ1v) is 4.26. The van der Waals surface area contributed by atoms with Gasteiger partial charge in [-0.3, -0.25) is 4.79 Å². The van der Waals surface area contributed by atoms with E-state index >= 15 is 0 Å². The second-order valence-electron chi connectivity index (χ2n) is 3.37. The van der Waals surface area contributed by atoms with Crippen molar-refractivity contribution in [2.75, 3.05) is 0 Å². The Hall–Kier alpha value is -0.210. The Labute approximate surface area is 82.6 Å². The van der Waals surface area contributed by atoms with Gasteiger partial charge in [0.25, 0.3) is 0 Å². The predicted octanol–water partition coefficient (Wildman–Crippen LogP) is 2.66. The van der Waals surface area contributed by atoms with E-state index in [0.29, 0.717) is 0 Å². The first kappa shape index (κ1) is 8.39. The monoisotopic (exact) mass is 211 g/mol. The maximum Gasteiger partial charge on any atom is 0.307 e. The highest BCUT2D eigenvalue weighted by molar-refractivity contribution is 6.55. The van der Waals surface area contributed by atoms with Crippen molar-refractivity contribution in [2.45, 2.75) is 13.8 Å². The zero-order chi connectivity index (χ0) is 10.4. The molecular weight excluding hydrogens is 201 g/mol. The molecule has 0 aliphatic heterocycles. The summed E-state index contributed by atoms with van der Waals surface area (Å²) in [4.78, 5) is 10.8. The van der Waals surface area contributed by atoms with Crippen molar-refractivity contribution in [3.05, 3.63) is 10.6 Å². The Bertz CT molecular complexity index is 284. The summed E-state index contributed by atoms with van der Waals surface area (Å²) in [5.74, 6) is -3.03. The van der Waals surface area contributed by atoms with Crippen molar-refractivity contribution in [1.29, 1.82) is 0 Å². The van der Waals surface area contributed by atoms with Crippen LogP contribution in [0.3, 0.4) is 0 Å². The van der Waals surface area contributed by atoms with Gasteiger partial charge in [0.1, 0.15) is 4.49 Å². The van der Waals surface area contributed by atoms with E-state index in [1.165, 1.54) is 6.08 Å². The van der Waals surface area contributed by atoms with Crippen LogP contribution in [0, 0.1) is 17.2 Å². The third-order valence-corrected chi connectivity index (χ3v) is 2.47. The fourth-order valence-electron chi connectivity index (χ4n) is 1.41. The van der Waals surface area contributed by atoms with Crippen LogP contribution in [-0.2, 0) is 4.79 Å². The molecule has 0 unspecified atom stereocenters. The van der Waals surface area contributed by atoms with Crippen molar-refractivity contribution < 1.29 is 11.3 Å². The number of carboxylic acid groups (broad SMARTS) is 1. The molecule has 0 aromatic carbocycles. The first-order valence-electron chi connectivity index (χ1n) is 4.01. The Morgan fingerprint density at radius 3 is 2.42 bits per heavy atom. The van der Waals surface area contributed by atoms with E-state index < -0.39 is 23.2 Å². The van der Waals surface area contributed by atoms with E-state index in [1.54, 1.807) is 13.8 Å². The maximum atomic E-state index is 10.8. The van der Waals surface area contributed by atoms with Gasteiger partial charge >= 0.3 is 5.97 Å². The highest BCUT2D eigenvalue weighted by Gasteiger charge is 2.60. The SMILES string of the molecule is [2H][13C@]1([13C](=O)O)[C@H](C=C(Cl)Cl)C1(C)C. The number of carboxylic acids is 1. The Kier molecular flexibility index (Phi) is 2.05. The van der Waals surface area contributed by atoms with Crippen molar-refractivity contribution in [3.8, 4) is 0 Å². The Balaban J connectivity index is 2.95. The lowest BCUT2D eigenvalue weighted by Gasteiger charge is -1.96. The van der Waals surface area contributed by atoms with Gasteiger partial charge in [-0.25, -0.2) is 0 Å². The van der Waals surface area contributed by atoms with E-state index in [4.69, 9.17) is 29.7 Å². The van der Waals surface area contributed by atoms with Crippen LogP contribution < -0.4 is 0 Å². The molecule has 0 spiro atoms. The highest BCUT2D eigenvalue weighted by Crippen LogP contribution is 2.59. The molecule has 0 aromatic heterocycles. The Morgan fingerprint density at radius 1 is 1.67 bits per heavy atom. The summed E-state index contributed by atoms with van der Waals surface area (Å²) >= 11 is 10.8. The van der Waals surface area contributed by atoms with Crippen LogP contribution in [0.1, 0.15) is 15.2 Å². The maximum absolute atomic E-state index is 10.8. The molecule has 0 heterocycles. The summed E-state index contributed by atoms with van der Waals surface area (Å²) in [7, 11) is 0. The number of hydrogen-bond acceptors (Lipinski definition) is 1. The van der Waals surface area contributed by atoms with Crippen LogP contribution in [0.5, 0.6) is 0 Å². The molecule has 0 radical (unpaired) electrons. The van der Waals surface area contributed by atoms with Crippen molar-refractivity contribution in [2.24, 2.45) is 17.2 Å². The van der Waals surface area contributed by atoms with Crippen molar-refractivity contribution in [1.82, 2.24) is 0 Å². The van der Waals surface area contributed by atoms with Gasteiger partial charge in [0, 0.05) is 1.37 Å². The van der Waals surface area contributed by atoms with Crippen LogP contribution in [0.15, 0.2) is 10.6 Å². The largest absolute Gasteiger partial charge is 0.481 e. The third-order valence-electron chi connectivity index (χ3n) is 2.22. The van der Waals surface area contributed by atoms with Gasteiger partial charge in [0.05, 0.1) is 5.89 Å². The van der Waals surface area contributed by atoms with Crippen molar-refractivity contribution in [3.63, 3.8) is 0 Å². The molecule has 1 rings (SSSR count). The molecule has 1 aliphatic carbocycles. The molecule has 1 saturated carbocycles. The molecule has 12 heavy (non-hydrogen) atoms. The fraction of sp³-hybridized carbons (Fsp3) is 0.625. The summed E-state index contributed by atoms with van der Waals surface area (Å²) in [6.45, 7) is 3.43. The lowest BCUT2D eigenvalue weighted by atomic mass is 10.1. The summed E-state index contributed by atoms with van der Waals surface area (Å²) in [6.07, 6.45) is 1.42. The number of rotatable bonds is 2. The van der Waals surface area contributed by atoms with E-state index in [0.717, 1.165) is 0 Å². The van der Waals surface area contributed by atoms with E-state index in [9.17, 15) is 4.79 Å². The van der Waals surface area contributed by atoms with Gasteiger partial charge in [0.2, 0.25) is 0 Å². The summed E-state index contributed by atoms with van der Waals surface area (Å²) in [6, 6.07) is 0. The van der Waals surface area contributed by atoms with Gasteiger partial charge < -0.3 is 5.11 Å². The summed E-state index contributed by atoms with van der Waals surface area (Å²) in [5.41, 5.74) is -0.603. The first-order chi connectivity index (χ1) is 5.74. The number of aliphatic carboxylic acids is 1. The molecule has 4 heteroatoms. The molecule has 68 valence electrons. The molecule has 0 amide bonds. The normalized spacial score (nSPS) is 38.3. The average Bonchev–Trinajstić information content (AvgIpc) is 2.35. The highest BCUT2D eigenvalue weighted by atomic mass is 35.5. The van der Waals surface area contributed by atoms with Gasteiger partial charge in [0.15, 0.2) is 0 Å². The smallest absolute Gasteiger partial charge is 0.307 e. The van der Waals surface area contributed by atoms with Gasteiger partial charge in [-0.2, -0.15) is 0 Å². The van der Waals surface area contributed by atoms with Crippen LogP contribution in [0.25, 0.3) is 0 Å². The number of halogens is 2. The van der Waals surface area contributed by atoms with Crippen LogP contribution in [0.4, 0.5) is 0 Å². The van der Waals surface area contributed by atoms with E-state index in [2.05, 4.69) is 0 Å². The summed E-state index contributed by atoms with van der Waals surface area (Å²) < 4.78 is 7.71. The summed E-state index contributed by atoms with van der Waals surface area (Å²) in [5, 5.41) is 8.83. The predicted molar refractivity (Wildman–Crippen MR) is 48.2 cm³/mol. The minimum atomic E-state index is -1.48. The second kappa shape index (κ2) is 2.93.